The van der Waals surface area contributed by atoms with Gasteiger partial charge in [-0.25, -0.2) is 0 Å². The molecule has 1 rings (SSSR count). The number of hydrogen-bond acceptors (Lipinski definition) is 1. The highest BCUT2D eigenvalue weighted by atomic mass is 79.9. The van der Waals surface area contributed by atoms with Gasteiger partial charge in [-0.3, -0.25) is 0 Å². The van der Waals surface area contributed by atoms with Crippen LogP contribution in [0.5, 0.6) is 0 Å². The van der Waals surface area contributed by atoms with Crippen LogP contribution < -0.4 is 5.32 Å². The van der Waals surface area contributed by atoms with Crippen LogP contribution in [0.15, 0.2) is 16.6 Å². The maximum absolute atomic E-state index is 5.85. The molecule has 1 aromatic rings. The lowest BCUT2D eigenvalue weighted by Crippen LogP contribution is -1.88. The van der Waals surface area contributed by atoms with Gasteiger partial charge in [0.2, 0.25) is 0 Å². The maximum atomic E-state index is 5.85. The van der Waals surface area contributed by atoms with Gasteiger partial charge in [-0.05, 0) is 28.1 Å². The zero-order valence-electron chi connectivity index (χ0n) is 5.79. The third-order valence-corrected chi connectivity index (χ3v) is 2.79. The van der Waals surface area contributed by atoms with E-state index in [1.807, 2.05) is 0 Å². The largest absolute Gasteiger partial charge is 0.387 e. The molecule has 0 saturated heterocycles. The minimum absolute atomic E-state index is 0.652. The first-order valence-corrected chi connectivity index (χ1v) is 4.52. The number of benzene rings is 1. The fourth-order valence-corrected chi connectivity index (χ4v) is 1.61. The van der Waals surface area contributed by atoms with E-state index in [0.29, 0.717) is 10.0 Å². The third kappa shape index (κ3) is 2.01. The Hall–Kier alpha value is 0.0800. The number of rotatable bonds is 1. The van der Waals surface area contributed by atoms with Crippen LogP contribution in [0.4, 0.5) is 5.69 Å². The first kappa shape index (κ1) is 9.17. The van der Waals surface area contributed by atoms with Gasteiger partial charge in [-0.2, -0.15) is 0 Å². The Morgan fingerprint density at radius 2 is 1.91 bits per heavy atom. The second-order valence-corrected chi connectivity index (χ2v) is 3.66. The van der Waals surface area contributed by atoms with Crippen LogP contribution in [0.25, 0.3) is 0 Å². The molecule has 0 fully saturated rings. The number of nitrogens with one attached hydrogen (secondary N) is 1. The van der Waals surface area contributed by atoms with Gasteiger partial charge in [-0.1, -0.05) is 23.2 Å². The van der Waals surface area contributed by atoms with E-state index in [1.165, 1.54) is 0 Å². The average molecular weight is 255 g/mol. The molecule has 60 valence electrons. The first-order valence-electron chi connectivity index (χ1n) is 2.97. The van der Waals surface area contributed by atoms with Crippen molar-refractivity contribution < 1.29 is 0 Å². The van der Waals surface area contributed by atoms with Crippen molar-refractivity contribution in [1.82, 2.24) is 0 Å². The van der Waals surface area contributed by atoms with Gasteiger partial charge in [0.15, 0.2) is 0 Å². The summed E-state index contributed by atoms with van der Waals surface area (Å²) >= 11 is 14.9. The van der Waals surface area contributed by atoms with E-state index < -0.39 is 0 Å². The zero-order chi connectivity index (χ0) is 8.43. The normalized spacial score (nSPS) is 9.82. The molecule has 1 N–H and O–H groups in total. The number of hydrogen-bond donors (Lipinski definition) is 1. The van der Waals surface area contributed by atoms with E-state index in [2.05, 4.69) is 21.2 Å². The molecule has 11 heavy (non-hydrogen) atoms. The van der Waals surface area contributed by atoms with Gasteiger partial charge >= 0.3 is 0 Å². The summed E-state index contributed by atoms with van der Waals surface area (Å²) in [7, 11) is 1.80. The topological polar surface area (TPSA) is 12.0 Å². The molecular formula is C7H6BrCl2N. The van der Waals surface area contributed by atoms with Crippen molar-refractivity contribution in [1.29, 1.82) is 0 Å². The lowest BCUT2D eigenvalue weighted by atomic mass is 10.3. The Labute approximate surface area is 83.8 Å². The molecule has 0 spiro atoms. The van der Waals surface area contributed by atoms with Crippen LogP contribution >= 0.6 is 39.1 Å². The van der Waals surface area contributed by atoms with Crippen molar-refractivity contribution in [3.8, 4) is 0 Å². The summed E-state index contributed by atoms with van der Waals surface area (Å²) in [5, 5.41) is 4.23. The Bertz CT molecular complexity index is 275. The van der Waals surface area contributed by atoms with E-state index in [0.717, 1.165) is 10.2 Å². The highest BCUT2D eigenvalue weighted by Gasteiger charge is 2.02. The Morgan fingerprint density at radius 3 is 2.45 bits per heavy atom. The second kappa shape index (κ2) is 3.65. The van der Waals surface area contributed by atoms with Crippen molar-refractivity contribution in [3.05, 3.63) is 26.7 Å². The zero-order valence-corrected chi connectivity index (χ0v) is 8.89. The van der Waals surface area contributed by atoms with Crippen LogP contribution in [0, 0.1) is 0 Å². The van der Waals surface area contributed by atoms with E-state index in [4.69, 9.17) is 23.2 Å². The molecule has 0 saturated carbocycles. The summed E-state index contributed by atoms with van der Waals surface area (Å²) in [6.07, 6.45) is 0. The molecule has 4 heteroatoms. The quantitative estimate of drug-likeness (QED) is 0.752. The Kier molecular flexibility index (Phi) is 3.05. The Morgan fingerprint density at radius 1 is 1.27 bits per heavy atom. The summed E-state index contributed by atoms with van der Waals surface area (Å²) in [6, 6.07) is 3.53. The van der Waals surface area contributed by atoms with Crippen LogP contribution in [-0.4, -0.2) is 7.05 Å². The van der Waals surface area contributed by atoms with Crippen LogP contribution in [0.2, 0.25) is 10.0 Å². The lowest BCUT2D eigenvalue weighted by molar-refractivity contribution is 1.50. The highest BCUT2D eigenvalue weighted by molar-refractivity contribution is 9.10. The predicted octanol–water partition coefficient (Wildman–Crippen LogP) is 3.80. The Balaban J connectivity index is 3.21. The molecule has 1 aromatic carbocycles. The van der Waals surface area contributed by atoms with Crippen LogP contribution in [0.3, 0.4) is 0 Å². The molecule has 0 radical (unpaired) electrons. The van der Waals surface area contributed by atoms with Gasteiger partial charge in [0.05, 0.1) is 15.7 Å². The van der Waals surface area contributed by atoms with E-state index >= 15 is 0 Å². The van der Waals surface area contributed by atoms with Gasteiger partial charge in [0.25, 0.3) is 0 Å². The molecule has 0 aliphatic carbocycles. The van der Waals surface area contributed by atoms with E-state index in [1.54, 1.807) is 19.2 Å². The predicted molar refractivity (Wildman–Crippen MR) is 53.7 cm³/mol. The maximum Gasteiger partial charge on any atom is 0.0649 e. The minimum atomic E-state index is 0.652. The van der Waals surface area contributed by atoms with Crippen molar-refractivity contribution in [3.63, 3.8) is 0 Å². The minimum Gasteiger partial charge on any atom is -0.387 e. The first-order chi connectivity index (χ1) is 5.15. The molecule has 0 amide bonds. The van der Waals surface area contributed by atoms with Gasteiger partial charge in [0, 0.05) is 11.5 Å². The third-order valence-electron chi connectivity index (χ3n) is 1.28. The van der Waals surface area contributed by atoms with E-state index in [9.17, 15) is 0 Å². The van der Waals surface area contributed by atoms with Crippen molar-refractivity contribution in [2.24, 2.45) is 0 Å². The SMILES string of the molecule is CNc1cc(Cl)c(Br)cc1Cl. The lowest BCUT2D eigenvalue weighted by Gasteiger charge is -2.04. The van der Waals surface area contributed by atoms with Crippen LogP contribution in [-0.2, 0) is 0 Å². The summed E-state index contributed by atoms with van der Waals surface area (Å²) in [5.41, 5.74) is 0.833. The summed E-state index contributed by atoms with van der Waals surface area (Å²) < 4.78 is 0.808. The molecule has 0 aliphatic rings. The summed E-state index contributed by atoms with van der Waals surface area (Å²) in [5.74, 6) is 0. The molecule has 0 heterocycles. The molecule has 0 unspecified atom stereocenters. The monoisotopic (exact) mass is 253 g/mol. The standard InChI is InChI=1S/C7H6BrCl2N/c1-11-7-3-5(9)4(8)2-6(7)10/h2-3,11H,1H3. The molecule has 1 nitrogen and oxygen atoms in total. The van der Waals surface area contributed by atoms with Crippen molar-refractivity contribution in [2.75, 3.05) is 12.4 Å². The van der Waals surface area contributed by atoms with Gasteiger partial charge in [-0.15, -0.1) is 0 Å². The van der Waals surface area contributed by atoms with Gasteiger partial charge in [0.1, 0.15) is 0 Å². The number of halogens is 3. The second-order valence-electron chi connectivity index (χ2n) is 2.00. The highest BCUT2D eigenvalue weighted by Crippen LogP contribution is 2.31. The molecule has 0 aromatic heterocycles. The van der Waals surface area contributed by atoms with E-state index in [-0.39, 0.29) is 0 Å². The van der Waals surface area contributed by atoms with Crippen molar-refractivity contribution >= 4 is 44.8 Å². The van der Waals surface area contributed by atoms with Crippen LogP contribution in [0.1, 0.15) is 0 Å². The number of anilines is 1. The average Bonchev–Trinajstić information content (AvgIpc) is 1.97. The fraction of sp³-hybridized carbons (Fsp3) is 0.143. The molecule has 0 atom stereocenters. The molecule has 0 aliphatic heterocycles. The van der Waals surface area contributed by atoms with Gasteiger partial charge < -0.3 is 5.32 Å². The fourth-order valence-electron chi connectivity index (χ4n) is 0.714. The summed E-state index contributed by atoms with van der Waals surface area (Å²) in [6.45, 7) is 0. The van der Waals surface area contributed by atoms with Crippen molar-refractivity contribution in [2.45, 2.75) is 0 Å². The smallest absolute Gasteiger partial charge is 0.0649 e. The summed E-state index contributed by atoms with van der Waals surface area (Å²) in [4.78, 5) is 0. The molecule has 0 bridgehead atoms. The molecular weight excluding hydrogens is 249 g/mol.